The summed E-state index contributed by atoms with van der Waals surface area (Å²) in [5.41, 5.74) is 1.01. The van der Waals surface area contributed by atoms with Gasteiger partial charge in [0.2, 0.25) is 0 Å². The average molecular weight is 535 g/mol. The van der Waals surface area contributed by atoms with Crippen molar-refractivity contribution in [1.82, 2.24) is 20.5 Å². The number of thiophene rings is 1. The van der Waals surface area contributed by atoms with Gasteiger partial charge in [-0.3, -0.25) is 9.88 Å². The summed E-state index contributed by atoms with van der Waals surface area (Å²) in [5.74, 6) is 0.850. The van der Waals surface area contributed by atoms with E-state index in [4.69, 9.17) is 4.99 Å². The maximum Gasteiger partial charge on any atom is 0.191 e. The summed E-state index contributed by atoms with van der Waals surface area (Å²) in [5, 5.41) is 11.5. The molecule has 2 aromatic heterocycles. The van der Waals surface area contributed by atoms with E-state index in [0.717, 1.165) is 24.7 Å². The monoisotopic (exact) mass is 535 g/mol. The van der Waals surface area contributed by atoms with E-state index < -0.39 is 0 Å². The molecule has 3 aromatic rings. The van der Waals surface area contributed by atoms with Crippen LogP contribution in [0.4, 0.5) is 0 Å². The summed E-state index contributed by atoms with van der Waals surface area (Å²) >= 11 is 1.84. The molecule has 2 N–H and O–H groups in total. The fourth-order valence-corrected chi connectivity index (χ4v) is 4.80. The van der Waals surface area contributed by atoms with Crippen molar-refractivity contribution in [3.63, 3.8) is 0 Å². The van der Waals surface area contributed by atoms with Gasteiger partial charge in [0.25, 0.3) is 0 Å². The van der Waals surface area contributed by atoms with Gasteiger partial charge in [0, 0.05) is 29.5 Å². The first kappa shape index (κ1) is 23.0. The number of guanidine groups is 1. The second-order valence-corrected chi connectivity index (χ2v) is 8.31. The lowest BCUT2D eigenvalue weighted by Gasteiger charge is -2.27. The van der Waals surface area contributed by atoms with Crippen LogP contribution in [0.15, 0.2) is 59.0 Å². The van der Waals surface area contributed by atoms with Gasteiger partial charge < -0.3 is 10.6 Å². The van der Waals surface area contributed by atoms with Crippen molar-refractivity contribution in [3.8, 4) is 0 Å². The number of nitrogens with one attached hydrogen (secondary N) is 2. The number of aliphatic imine (C=N–C) groups is 1. The molecule has 0 radical (unpaired) electrons. The third kappa shape index (κ3) is 5.70. The minimum absolute atomic E-state index is 0. The number of aromatic nitrogens is 1. The lowest BCUT2D eigenvalue weighted by Crippen LogP contribution is -2.42. The van der Waals surface area contributed by atoms with Crippen LogP contribution >= 0.6 is 35.3 Å². The SMILES string of the molecule is CCNC(=NCc1nccc2ccccc12)NCC(c1cccs1)N1CCCC1.I. The molecule has 1 unspecified atom stereocenters. The van der Waals surface area contributed by atoms with Crippen LogP contribution in [0, 0.1) is 0 Å². The lowest BCUT2D eigenvalue weighted by atomic mass is 10.1. The zero-order valence-electron chi connectivity index (χ0n) is 17.4. The van der Waals surface area contributed by atoms with Gasteiger partial charge in [0.05, 0.1) is 18.3 Å². The molecule has 160 valence electrons. The molecule has 1 aliphatic rings. The van der Waals surface area contributed by atoms with E-state index in [0.29, 0.717) is 12.6 Å². The van der Waals surface area contributed by atoms with Crippen LogP contribution in [0.1, 0.15) is 36.4 Å². The molecule has 1 atom stereocenters. The fourth-order valence-electron chi connectivity index (χ4n) is 3.94. The normalized spacial score (nSPS) is 15.7. The number of rotatable bonds is 7. The zero-order chi connectivity index (χ0) is 19.9. The number of pyridine rings is 1. The standard InChI is InChI=1S/C23H29N5S.HI/c1-2-24-23(26-16-20-19-9-4-3-8-18(19)11-12-25-20)27-17-21(22-10-7-15-29-22)28-13-5-6-14-28;/h3-4,7-12,15,21H,2,5-6,13-14,16-17H2,1H3,(H2,24,26,27);1H. The number of fused-ring (bicyclic) bond motifs is 1. The summed E-state index contributed by atoms with van der Waals surface area (Å²) in [6.45, 7) is 6.71. The van der Waals surface area contributed by atoms with Crippen LogP contribution < -0.4 is 10.6 Å². The molecule has 1 aliphatic heterocycles. The van der Waals surface area contributed by atoms with Crippen LogP contribution in [0.25, 0.3) is 10.8 Å². The first-order valence-corrected chi connectivity index (χ1v) is 11.4. The van der Waals surface area contributed by atoms with Gasteiger partial charge in [-0.1, -0.05) is 30.3 Å². The summed E-state index contributed by atoms with van der Waals surface area (Å²) in [6, 6.07) is 15.2. The minimum Gasteiger partial charge on any atom is -0.357 e. The molecule has 0 aliphatic carbocycles. The Morgan fingerprint density at radius 3 is 2.73 bits per heavy atom. The Balaban J connectivity index is 0.00000256. The highest BCUT2D eigenvalue weighted by Gasteiger charge is 2.24. The van der Waals surface area contributed by atoms with Crippen LogP contribution in [0.5, 0.6) is 0 Å². The predicted octanol–water partition coefficient (Wildman–Crippen LogP) is 4.81. The number of benzene rings is 1. The van der Waals surface area contributed by atoms with E-state index in [-0.39, 0.29) is 24.0 Å². The minimum atomic E-state index is 0. The van der Waals surface area contributed by atoms with E-state index in [9.17, 15) is 0 Å². The third-order valence-electron chi connectivity index (χ3n) is 5.40. The first-order valence-electron chi connectivity index (χ1n) is 10.5. The van der Waals surface area contributed by atoms with E-state index in [2.05, 4.69) is 69.2 Å². The predicted molar refractivity (Wildman–Crippen MR) is 138 cm³/mol. The Morgan fingerprint density at radius 2 is 1.97 bits per heavy atom. The van der Waals surface area contributed by atoms with Crippen LogP contribution in [0.2, 0.25) is 0 Å². The average Bonchev–Trinajstić information content (AvgIpc) is 3.47. The van der Waals surface area contributed by atoms with Crippen molar-refractivity contribution >= 4 is 52.0 Å². The highest BCUT2D eigenvalue weighted by molar-refractivity contribution is 14.0. The van der Waals surface area contributed by atoms with Crippen molar-refractivity contribution in [2.24, 2.45) is 4.99 Å². The molecule has 30 heavy (non-hydrogen) atoms. The van der Waals surface area contributed by atoms with Crippen LogP contribution in [-0.4, -0.2) is 42.0 Å². The maximum absolute atomic E-state index is 4.83. The molecule has 3 heterocycles. The molecule has 0 bridgehead atoms. The quantitative estimate of drug-likeness (QED) is 0.259. The molecule has 0 spiro atoms. The van der Waals surface area contributed by atoms with Gasteiger partial charge in [0.15, 0.2) is 5.96 Å². The Morgan fingerprint density at radius 1 is 1.13 bits per heavy atom. The second-order valence-electron chi connectivity index (χ2n) is 7.33. The second kappa shape index (κ2) is 11.6. The van der Waals surface area contributed by atoms with Crippen molar-refractivity contribution in [2.75, 3.05) is 26.2 Å². The van der Waals surface area contributed by atoms with Crippen molar-refractivity contribution in [1.29, 1.82) is 0 Å². The highest BCUT2D eigenvalue weighted by Crippen LogP contribution is 2.27. The number of hydrogen-bond donors (Lipinski definition) is 2. The van der Waals surface area contributed by atoms with Gasteiger partial charge in [0.1, 0.15) is 0 Å². The van der Waals surface area contributed by atoms with Gasteiger partial charge in [-0.15, -0.1) is 35.3 Å². The maximum atomic E-state index is 4.83. The van der Waals surface area contributed by atoms with Gasteiger partial charge in [-0.05, 0) is 55.8 Å². The molecule has 7 heteroatoms. The number of hydrogen-bond acceptors (Lipinski definition) is 4. The summed E-state index contributed by atoms with van der Waals surface area (Å²) in [6.07, 6.45) is 4.46. The molecule has 1 aromatic carbocycles. The molecular weight excluding hydrogens is 505 g/mol. The summed E-state index contributed by atoms with van der Waals surface area (Å²) in [4.78, 5) is 13.4. The molecule has 4 rings (SSSR count). The third-order valence-corrected chi connectivity index (χ3v) is 6.38. The van der Waals surface area contributed by atoms with Crippen molar-refractivity contribution < 1.29 is 0 Å². The molecule has 1 saturated heterocycles. The fraction of sp³-hybridized carbons (Fsp3) is 0.391. The number of likely N-dealkylation sites (tertiary alicyclic amines) is 1. The first-order chi connectivity index (χ1) is 14.3. The van der Waals surface area contributed by atoms with E-state index >= 15 is 0 Å². The number of nitrogens with zero attached hydrogens (tertiary/aromatic N) is 3. The summed E-state index contributed by atoms with van der Waals surface area (Å²) < 4.78 is 0. The molecular formula is C23H30IN5S. The van der Waals surface area contributed by atoms with E-state index in [1.807, 2.05) is 23.6 Å². The van der Waals surface area contributed by atoms with Crippen molar-refractivity contribution in [3.05, 3.63) is 64.6 Å². The topological polar surface area (TPSA) is 52.6 Å². The van der Waals surface area contributed by atoms with Crippen molar-refractivity contribution in [2.45, 2.75) is 32.4 Å². The van der Waals surface area contributed by atoms with E-state index in [1.54, 1.807) is 0 Å². The lowest BCUT2D eigenvalue weighted by molar-refractivity contribution is 0.249. The summed E-state index contributed by atoms with van der Waals surface area (Å²) in [7, 11) is 0. The van der Waals surface area contributed by atoms with E-state index in [1.165, 1.54) is 41.6 Å². The van der Waals surface area contributed by atoms with Gasteiger partial charge in [-0.25, -0.2) is 4.99 Å². The Bertz CT molecular complexity index is 932. The number of halogens is 1. The van der Waals surface area contributed by atoms with Crippen LogP contribution in [0.3, 0.4) is 0 Å². The molecule has 1 fully saturated rings. The molecule has 0 amide bonds. The largest absolute Gasteiger partial charge is 0.357 e. The molecule has 0 saturated carbocycles. The molecule has 5 nitrogen and oxygen atoms in total. The Labute approximate surface area is 200 Å². The van der Waals surface area contributed by atoms with Crippen LogP contribution in [-0.2, 0) is 6.54 Å². The zero-order valence-corrected chi connectivity index (χ0v) is 20.5. The Hall–Kier alpha value is -1.71. The van der Waals surface area contributed by atoms with Gasteiger partial charge in [-0.2, -0.15) is 0 Å². The van der Waals surface area contributed by atoms with Gasteiger partial charge >= 0.3 is 0 Å². The smallest absolute Gasteiger partial charge is 0.191 e. The Kier molecular flexibility index (Phi) is 8.89. The highest BCUT2D eigenvalue weighted by atomic mass is 127.